The Morgan fingerprint density at radius 2 is 2.06 bits per heavy atom. The molecule has 0 fully saturated rings. The molecule has 0 aliphatic rings. The molecule has 7 heteroatoms. The van der Waals surface area contributed by atoms with E-state index in [9.17, 15) is 14.7 Å². The van der Waals surface area contributed by atoms with Crippen molar-refractivity contribution in [3.05, 3.63) is 28.2 Å². The number of halogens is 1. The van der Waals surface area contributed by atoms with Crippen LogP contribution in [0.2, 0.25) is 0 Å². The summed E-state index contributed by atoms with van der Waals surface area (Å²) in [7, 11) is 0. The maximum absolute atomic E-state index is 11.6. The Labute approximate surface area is 105 Å². The number of rotatable bonds is 4. The molecule has 0 heterocycles. The van der Waals surface area contributed by atoms with Gasteiger partial charge in [0.2, 0.25) is 0 Å². The van der Waals surface area contributed by atoms with Crippen molar-refractivity contribution in [2.24, 2.45) is 0 Å². The fraction of sp³-hybridized carbons (Fsp3) is 0.200. The molecular formula is C10H10BrNO5. The van der Waals surface area contributed by atoms with Crippen LogP contribution < -0.4 is 5.32 Å². The quantitative estimate of drug-likeness (QED) is 0.641. The lowest BCUT2D eigenvalue weighted by Crippen LogP contribution is -2.43. The van der Waals surface area contributed by atoms with Crippen LogP contribution in [0.3, 0.4) is 0 Å². The number of benzene rings is 1. The van der Waals surface area contributed by atoms with E-state index in [-0.39, 0.29) is 11.3 Å². The van der Waals surface area contributed by atoms with E-state index in [2.05, 4.69) is 21.2 Å². The molecule has 0 saturated carbocycles. The van der Waals surface area contributed by atoms with Gasteiger partial charge in [-0.25, -0.2) is 4.79 Å². The number of aromatic hydroxyl groups is 1. The van der Waals surface area contributed by atoms with Crippen LogP contribution >= 0.6 is 15.9 Å². The van der Waals surface area contributed by atoms with Crippen LogP contribution in [0.15, 0.2) is 22.7 Å². The second kappa shape index (κ2) is 5.65. The summed E-state index contributed by atoms with van der Waals surface area (Å²) in [5.41, 5.74) is 0.102. The Balaban J connectivity index is 2.82. The second-order valence-electron chi connectivity index (χ2n) is 3.21. The average Bonchev–Trinajstić information content (AvgIpc) is 2.28. The number of aliphatic hydroxyl groups excluding tert-OH is 1. The monoisotopic (exact) mass is 303 g/mol. The normalized spacial score (nSPS) is 11.9. The first-order chi connectivity index (χ1) is 7.95. The molecule has 1 atom stereocenters. The average molecular weight is 304 g/mol. The lowest BCUT2D eigenvalue weighted by Gasteiger charge is -2.11. The van der Waals surface area contributed by atoms with Crippen molar-refractivity contribution in [3.63, 3.8) is 0 Å². The maximum atomic E-state index is 11.6. The summed E-state index contributed by atoms with van der Waals surface area (Å²) in [5.74, 6) is -2.15. The largest absolute Gasteiger partial charge is 0.507 e. The summed E-state index contributed by atoms with van der Waals surface area (Å²) in [4.78, 5) is 22.2. The Morgan fingerprint density at radius 1 is 1.41 bits per heavy atom. The topological polar surface area (TPSA) is 107 Å². The van der Waals surface area contributed by atoms with Crippen molar-refractivity contribution in [2.45, 2.75) is 6.04 Å². The van der Waals surface area contributed by atoms with Gasteiger partial charge in [0.1, 0.15) is 5.75 Å². The van der Waals surface area contributed by atoms with Gasteiger partial charge in [-0.2, -0.15) is 0 Å². The molecule has 1 amide bonds. The number of phenols is 1. The smallest absolute Gasteiger partial charge is 0.328 e. The molecule has 1 unspecified atom stereocenters. The highest BCUT2D eigenvalue weighted by atomic mass is 79.9. The van der Waals surface area contributed by atoms with Crippen molar-refractivity contribution in [3.8, 4) is 5.75 Å². The van der Waals surface area contributed by atoms with Crippen LogP contribution in [0.25, 0.3) is 0 Å². The molecule has 1 rings (SSSR count). The summed E-state index contributed by atoms with van der Waals surface area (Å²) in [6.07, 6.45) is 0. The molecule has 1 aromatic carbocycles. The Morgan fingerprint density at radius 3 is 2.53 bits per heavy atom. The van der Waals surface area contributed by atoms with Crippen molar-refractivity contribution in [2.75, 3.05) is 6.61 Å². The summed E-state index contributed by atoms with van der Waals surface area (Å²) in [6, 6.07) is 2.69. The third-order valence-corrected chi connectivity index (χ3v) is 2.66. The number of amides is 1. The lowest BCUT2D eigenvalue weighted by atomic mass is 10.2. The molecule has 0 aliphatic carbocycles. The minimum Gasteiger partial charge on any atom is -0.507 e. The van der Waals surface area contributed by atoms with Crippen LogP contribution in [0.5, 0.6) is 5.75 Å². The van der Waals surface area contributed by atoms with Gasteiger partial charge in [0.15, 0.2) is 6.04 Å². The number of hydrogen-bond donors (Lipinski definition) is 4. The SMILES string of the molecule is O=C(NC(CO)C(=O)O)c1ccc(Br)c(O)c1. The third kappa shape index (κ3) is 3.43. The fourth-order valence-electron chi connectivity index (χ4n) is 1.08. The van der Waals surface area contributed by atoms with Gasteiger partial charge in [0, 0.05) is 5.56 Å². The van der Waals surface area contributed by atoms with Gasteiger partial charge in [-0.05, 0) is 34.1 Å². The summed E-state index contributed by atoms with van der Waals surface area (Å²) in [6.45, 7) is -0.705. The van der Waals surface area contributed by atoms with Crippen LogP contribution in [-0.2, 0) is 4.79 Å². The van der Waals surface area contributed by atoms with Crippen LogP contribution in [0, 0.1) is 0 Å². The van der Waals surface area contributed by atoms with Crippen molar-refractivity contribution in [1.82, 2.24) is 5.32 Å². The van der Waals surface area contributed by atoms with Gasteiger partial charge in [-0.1, -0.05) is 0 Å². The Hall–Kier alpha value is -1.60. The number of phenolic OH excluding ortho intramolecular Hbond substituents is 1. The zero-order valence-electron chi connectivity index (χ0n) is 8.55. The molecule has 1 aromatic rings. The maximum Gasteiger partial charge on any atom is 0.328 e. The molecule has 0 bridgehead atoms. The van der Waals surface area contributed by atoms with Gasteiger partial charge in [-0.15, -0.1) is 0 Å². The van der Waals surface area contributed by atoms with E-state index in [1.165, 1.54) is 18.2 Å². The number of hydrogen-bond acceptors (Lipinski definition) is 4. The predicted molar refractivity (Wildman–Crippen MR) is 61.8 cm³/mol. The number of carboxylic acid groups (broad SMARTS) is 1. The van der Waals surface area contributed by atoms with Crippen LogP contribution in [0.4, 0.5) is 0 Å². The lowest BCUT2D eigenvalue weighted by molar-refractivity contribution is -0.140. The first kappa shape index (κ1) is 13.5. The van der Waals surface area contributed by atoms with E-state index in [0.717, 1.165) is 0 Å². The van der Waals surface area contributed by atoms with E-state index in [1.807, 2.05) is 0 Å². The molecule has 17 heavy (non-hydrogen) atoms. The number of nitrogens with one attached hydrogen (secondary N) is 1. The van der Waals surface area contributed by atoms with Gasteiger partial charge >= 0.3 is 5.97 Å². The number of carboxylic acids is 1. The van der Waals surface area contributed by atoms with Crippen molar-refractivity contribution >= 4 is 27.8 Å². The highest BCUT2D eigenvalue weighted by Crippen LogP contribution is 2.24. The molecule has 4 N–H and O–H groups in total. The number of carbonyl (C=O) groups is 2. The number of aliphatic carboxylic acids is 1. The van der Waals surface area contributed by atoms with Gasteiger partial charge in [0.25, 0.3) is 5.91 Å². The number of carbonyl (C=O) groups excluding carboxylic acids is 1. The van der Waals surface area contributed by atoms with Gasteiger partial charge in [-0.3, -0.25) is 4.79 Å². The minimum atomic E-state index is -1.37. The summed E-state index contributed by atoms with van der Waals surface area (Å²) < 4.78 is 0.422. The fourth-order valence-corrected chi connectivity index (χ4v) is 1.33. The first-order valence-electron chi connectivity index (χ1n) is 4.58. The van der Waals surface area contributed by atoms with Crippen LogP contribution in [-0.4, -0.2) is 39.8 Å². The second-order valence-corrected chi connectivity index (χ2v) is 4.07. The third-order valence-electron chi connectivity index (χ3n) is 1.99. The molecule has 6 nitrogen and oxygen atoms in total. The molecule has 0 spiro atoms. The van der Waals surface area contributed by atoms with E-state index >= 15 is 0 Å². The Bertz CT molecular complexity index is 448. The van der Waals surface area contributed by atoms with Gasteiger partial charge in [0.05, 0.1) is 11.1 Å². The Kier molecular flexibility index (Phi) is 4.47. The summed E-state index contributed by atoms with van der Waals surface area (Å²) in [5, 5.41) is 28.8. The molecular weight excluding hydrogens is 294 g/mol. The highest BCUT2D eigenvalue weighted by Gasteiger charge is 2.19. The van der Waals surface area contributed by atoms with Crippen molar-refractivity contribution in [1.29, 1.82) is 0 Å². The van der Waals surface area contributed by atoms with E-state index in [4.69, 9.17) is 10.2 Å². The van der Waals surface area contributed by atoms with E-state index in [0.29, 0.717) is 4.47 Å². The molecule has 0 aliphatic heterocycles. The molecule has 0 radical (unpaired) electrons. The van der Waals surface area contributed by atoms with Crippen LogP contribution in [0.1, 0.15) is 10.4 Å². The molecule has 0 aromatic heterocycles. The van der Waals surface area contributed by atoms with Crippen molar-refractivity contribution < 1.29 is 24.9 Å². The minimum absolute atomic E-state index is 0.102. The molecule has 92 valence electrons. The zero-order chi connectivity index (χ0) is 13.0. The zero-order valence-corrected chi connectivity index (χ0v) is 10.1. The summed E-state index contributed by atoms with van der Waals surface area (Å²) >= 11 is 3.05. The standard InChI is InChI=1S/C10H10BrNO5/c11-6-2-1-5(3-8(6)14)9(15)12-7(4-13)10(16)17/h1-3,7,13-14H,4H2,(H,12,15)(H,16,17). The van der Waals surface area contributed by atoms with E-state index < -0.39 is 24.5 Å². The highest BCUT2D eigenvalue weighted by molar-refractivity contribution is 9.10. The van der Waals surface area contributed by atoms with E-state index in [1.54, 1.807) is 0 Å². The van der Waals surface area contributed by atoms with Gasteiger partial charge < -0.3 is 20.6 Å². The predicted octanol–water partition coefficient (Wildman–Crippen LogP) is 0.330. The molecule has 0 saturated heterocycles. The number of aliphatic hydroxyl groups is 1. The first-order valence-corrected chi connectivity index (χ1v) is 5.38.